The summed E-state index contributed by atoms with van der Waals surface area (Å²) in [7, 11) is 0. The van der Waals surface area contributed by atoms with Gasteiger partial charge in [0.05, 0.1) is 23.5 Å². The van der Waals surface area contributed by atoms with Crippen LogP contribution >= 0.6 is 11.3 Å². The molecular formula is C23H27N9O4S. The van der Waals surface area contributed by atoms with Gasteiger partial charge in [0.1, 0.15) is 0 Å². The fraction of sp³-hybridized carbons (Fsp3) is 0.435. The number of nitrogens with one attached hydrogen (secondary N) is 3. The van der Waals surface area contributed by atoms with E-state index in [1.165, 1.54) is 11.3 Å². The molecule has 2 aliphatic rings. The molecule has 1 fully saturated rings. The molecular weight excluding hydrogens is 498 g/mol. The lowest BCUT2D eigenvalue weighted by molar-refractivity contribution is -0.131. The molecule has 5 rings (SSSR count). The first kappa shape index (κ1) is 24.6. The first-order valence-corrected chi connectivity index (χ1v) is 12.7. The van der Waals surface area contributed by atoms with E-state index >= 15 is 0 Å². The molecule has 1 saturated heterocycles. The molecule has 0 saturated carbocycles. The van der Waals surface area contributed by atoms with E-state index in [0.717, 1.165) is 11.1 Å². The molecule has 1 aliphatic heterocycles. The van der Waals surface area contributed by atoms with E-state index in [4.69, 9.17) is 10.8 Å². The maximum atomic E-state index is 13.2. The third-order valence-electron chi connectivity index (χ3n) is 6.69. The van der Waals surface area contributed by atoms with E-state index in [9.17, 15) is 14.4 Å². The van der Waals surface area contributed by atoms with Crippen LogP contribution in [0.25, 0.3) is 11.4 Å². The predicted molar refractivity (Wildman–Crippen MR) is 135 cm³/mol. The Kier molecular flexibility index (Phi) is 6.27. The number of aromatic amines is 1. The number of nitrogen functional groups attached to an aromatic ring is 1. The number of amides is 3. The van der Waals surface area contributed by atoms with Crippen molar-refractivity contribution in [1.82, 2.24) is 35.4 Å². The molecule has 13 nitrogen and oxygen atoms in total. The van der Waals surface area contributed by atoms with Gasteiger partial charge in [-0.3, -0.25) is 20.0 Å². The number of fused-ring (bicyclic) bond motifs is 3. The van der Waals surface area contributed by atoms with Crippen molar-refractivity contribution in [3.8, 4) is 11.4 Å². The van der Waals surface area contributed by atoms with Crippen LogP contribution in [-0.4, -0.2) is 72.2 Å². The van der Waals surface area contributed by atoms with E-state index in [1.54, 1.807) is 16.5 Å². The zero-order valence-electron chi connectivity index (χ0n) is 20.4. The van der Waals surface area contributed by atoms with Crippen LogP contribution in [0.5, 0.6) is 0 Å². The zero-order valence-corrected chi connectivity index (χ0v) is 21.2. The van der Waals surface area contributed by atoms with Gasteiger partial charge in [0.2, 0.25) is 11.9 Å². The van der Waals surface area contributed by atoms with Crippen LogP contribution in [0.2, 0.25) is 0 Å². The Morgan fingerprint density at radius 3 is 2.76 bits per heavy atom. The van der Waals surface area contributed by atoms with Crippen LogP contribution in [-0.2, 0) is 23.1 Å². The quantitative estimate of drug-likeness (QED) is 0.330. The number of rotatable bonds is 5. The molecule has 0 atom stereocenters. The number of aromatic nitrogens is 5. The molecule has 3 aromatic rings. The van der Waals surface area contributed by atoms with Gasteiger partial charge in [0.15, 0.2) is 10.8 Å². The van der Waals surface area contributed by atoms with Gasteiger partial charge >= 0.3 is 6.09 Å². The van der Waals surface area contributed by atoms with E-state index < -0.39 is 17.4 Å². The van der Waals surface area contributed by atoms with Gasteiger partial charge in [-0.15, -0.1) is 11.3 Å². The number of anilines is 2. The maximum absolute atomic E-state index is 13.2. The highest BCUT2D eigenvalue weighted by atomic mass is 32.1. The van der Waals surface area contributed by atoms with Gasteiger partial charge in [-0.05, 0) is 30.2 Å². The monoisotopic (exact) mass is 525 g/mol. The number of nitrogens with two attached hydrogens (primary N) is 1. The Hall–Kier alpha value is -4.07. The first-order chi connectivity index (χ1) is 17.6. The lowest BCUT2D eigenvalue weighted by atomic mass is 9.73. The number of hydrogen-bond donors (Lipinski definition) is 5. The van der Waals surface area contributed by atoms with Crippen molar-refractivity contribution >= 4 is 40.3 Å². The largest absolute Gasteiger partial charge is 0.465 e. The minimum absolute atomic E-state index is 0.0833. The molecule has 37 heavy (non-hydrogen) atoms. The van der Waals surface area contributed by atoms with Crippen molar-refractivity contribution in [2.45, 2.75) is 51.0 Å². The second kappa shape index (κ2) is 9.42. The molecule has 1 aliphatic carbocycles. The first-order valence-electron chi connectivity index (χ1n) is 11.8. The maximum Gasteiger partial charge on any atom is 0.404 e. The van der Waals surface area contributed by atoms with E-state index in [1.807, 2.05) is 13.8 Å². The van der Waals surface area contributed by atoms with Crippen LogP contribution < -0.4 is 16.4 Å². The van der Waals surface area contributed by atoms with Gasteiger partial charge in [-0.25, -0.2) is 19.7 Å². The number of carbonyl (C=O) groups excluding carboxylic acids is 2. The summed E-state index contributed by atoms with van der Waals surface area (Å²) in [4.78, 5) is 51.3. The van der Waals surface area contributed by atoms with Gasteiger partial charge in [0, 0.05) is 36.3 Å². The summed E-state index contributed by atoms with van der Waals surface area (Å²) in [5, 5.41) is 23.5. The van der Waals surface area contributed by atoms with Crippen LogP contribution in [0.15, 0.2) is 11.6 Å². The van der Waals surface area contributed by atoms with Gasteiger partial charge in [-0.2, -0.15) is 5.10 Å². The summed E-state index contributed by atoms with van der Waals surface area (Å²) in [6, 6.07) is -0.140. The molecule has 0 aromatic carbocycles. The summed E-state index contributed by atoms with van der Waals surface area (Å²) in [6.07, 6.45) is 2.53. The normalized spacial score (nSPS) is 16.5. The fourth-order valence-corrected chi connectivity index (χ4v) is 5.69. The molecule has 6 N–H and O–H groups in total. The lowest BCUT2D eigenvalue weighted by Gasteiger charge is -2.31. The van der Waals surface area contributed by atoms with Crippen molar-refractivity contribution in [1.29, 1.82) is 0 Å². The summed E-state index contributed by atoms with van der Waals surface area (Å²) in [6.45, 7) is 5.03. The highest BCUT2D eigenvalue weighted by Gasteiger charge is 2.38. The lowest BCUT2D eigenvalue weighted by Crippen LogP contribution is -2.46. The standard InChI is InChI=1S/C23H27N9O4S/c1-23(2)8-11-9-25-20(24)28-16(11)17-15(23)18(31-30-17)19(34)29-21-26-13(10-37-21)7-14(33)32-5-3-12(4-6-32)27-22(35)36/h9-10,12,27H,3-8H2,1-2H3,(H,30,31)(H,35,36)(H2,24,25,28)(H,26,29,34). The summed E-state index contributed by atoms with van der Waals surface area (Å²) < 4.78 is 0. The highest BCUT2D eigenvalue weighted by Crippen LogP contribution is 2.42. The summed E-state index contributed by atoms with van der Waals surface area (Å²) >= 11 is 1.23. The van der Waals surface area contributed by atoms with Gasteiger partial charge in [0.25, 0.3) is 5.91 Å². The Labute approximate surface area is 215 Å². The number of carboxylic acid groups (broad SMARTS) is 1. The number of likely N-dealkylation sites (tertiary alicyclic amines) is 1. The molecule has 3 aromatic heterocycles. The van der Waals surface area contributed by atoms with Crippen LogP contribution in [0.4, 0.5) is 15.9 Å². The van der Waals surface area contributed by atoms with E-state index in [0.29, 0.717) is 54.6 Å². The molecule has 3 amide bonds. The summed E-state index contributed by atoms with van der Waals surface area (Å²) in [5.41, 5.74) is 9.19. The van der Waals surface area contributed by atoms with Gasteiger partial charge in [-0.1, -0.05) is 13.8 Å². The van der Waals surface area contributed by atoms with Gasteiger partial charge < -0.3 is 21.1 Å². The van der Waals surface area contributed by atoms with Crippen molar-refractivity contribution in [3.63, 3.8) is 0 Å². The average Bonchev–Trinajstić information content (AvgIpc) is 3.47. The summed E-state index contributed by atoms with van der Waals surface area (Å²) in [5.74, 6) is -0.340. The molecule has 194 valence electrons. The predicted octanol–water partition coefficient (Wildman–Crippen LogP) is 1.79. The smallest absolute Gasteiger partial charge is 0.404 e. The van der Waals surface area contributed by atoms with E-state index in [2.05, 4.69) is 35.8 Å². The fourth-order valence-electron chi connectivity index (χ4n) is 4.98. The van der Waals surface area contributed by atoms with E-state index in [-0.39, 0.29) is 30.0 Å². The Bertz CT molecular complexity index is 1370. The number of nitrogens with zero attached hydrogens (tertiary/aromatic N) is 5. The topological polar surface area (TPSA) is 192 Å². The minimum Gasteiger partial charge on any atom is -0.465 e. The van der Waals surface area contributed by atoms with Crippen LogP contribution in [0, 0.1) is 0 Å². The Balaban J connectivity index is 1.25. The number of thiazole rings is 1. The van der Waals surface area contributed by atoms with Crippen molar-refractivity contribution in [2.75, 3.05) is 24.1 Å². The van der Waals surface area contributed by atoms with Crippen molar-refractivity contribution in [3.05, 3.63) is 34.1 Å². The second-order valence-corrected chi connectivity index (χ2v) is 10.7. The minimum atomic E-state index is -1.05. The highest BCUT2D eigenvalue weighted by molar-refractivity contribution is 7.14. The Morgan fingerprint density at radius 1 is 1.27 bits per heavy atom. The number of carbonyl (C=O) groups is 3. The average molecular weight is 526 g/mol. The van der Waals surface area contributed by atoms with Crippen LogP contribution in [0.3, 0.4) is 0 Å². The molecule has 0 spiro atoms. The third kappa shape index (κ3) is 4.96. The number of piperidine rings is 1. The molecule has 4 heterocycles. The molecule has 14 heteroatoms. The van der Waals surface area contributed by atoms with Crippen molar-refractivity contribution < 1.29 is 19.5 Å². The molecule has 0 unspecified atom stereocenters. The third-order valence-corrected chi connectivity index (χ3v) is 7.50. The number of H-pyrrole nitrogens is 1. The van der Waals surface area contributed by atoms with Crippen molar-refractivity contribution in [2.24, 2.45) is 0 Å². The van der Waals surface area contributed by atoms with Crippen LogP contribution in [0.1, 0.15) is 54.0 Å². The second-order valence-electron chi connectivity index (χ2n) is 9.86. The SMILES string of the molecule is CC1(C)Cc2cnc(N)nc2-c2[nH]nc(C(=O)Nc3nc(CC(=O)N4CCC(NC(=O)O)CC4)cs3)c21. The Morgan fingerprint density at radius 2 is 2.03 bits per heavy atom. The zero-order chi connectivity index (χ0) is 26.3. The number of hydrogen-bond acceptors (Lipinski definition) is 9. The molecule has 0 bridgehead atoms. The molecule has 0 radical (unpaired) electrons.